The molecule has 1 heterocycles. The van der Waals surface area contributed by atoms with Crippen LogP contribution in [0.4, 0.5) is 5.69 Å². The van der Waals surface area contributed by atoms with Crippen LogP contribution < -0.4 is 15.8 Å². The first-order valence-electron chi connectivity index (χ1n) is 9.15. The van der Waals surface area contributed by atoms with Crippen LogP contribution in [-0.2, 0) is 9.59 Å². The second-order valence-corrected chi connectivity index (χ2v) is 6.97. The molecule has 0 unspecified atom stereocenters. The third kappa shape index (κ3) is 3.55. The first kappa shape index (κ1) is 18.6. The molecule has 0 saturated carbocycles. The standard InChI is InChI=1S/C22H19N3O4/c1-13-6-8-16(9-7-13)25-20(27)12-18(22(25)29)23-24-21(28)17-10-14-4-2-3-5-15(14)11-19(17)26/h2-11,18,23,26H,12H2,1H3,(H,24,28)/t18-/m1/s1. The number of aromatic hydroxyl groups is 1. The number of hydrogen-bond donors (Lipinski definition) is 3. The van der Waals surface area contributed by atoms with Gasteiger partial charge in [-0.3, -0.25) is 19.8 Å². The predicted molar refractivity (Wildman–Crippen MR) is 108 cm³/mol. The summed E-state index contributed by atoms with van der Waals surface area (Å²) in [6.45, 7) is 1.92. The predicted octanol–water partition coefficient (Wildman–Crippen LogP) is 2.42. The summed E-state index contributed by atoms with van der Waals surface area (Å²) in [6.07, 6.45) is -0.0727. The van der Waals surface area contributed by atoms with E-state index < -0.39 is 17.9 Å². The Balaban J connectivity index is 1.47. The Kier molecular flexibility index (Phi) is 4.74. The summed E-state index contributed by atoms with van der Waals surface area (Å²) in [5, 5.41) is 11.8. The summed E-state index contributed by atoms with van der Waals surface area (Å²) in [5.41, 5.74) is 6.64. The lowest BCUT2D eigenvalue weighted by atomic mass is 10.1. The Bertz CT molecular complexity index is 1120. The number of hydrazine groups is 1. The van der Waals surface area contributed by atoms with Gasteiger partial charge in [0.2, 0.25) is 5.91 Å². The van der Waals surface area contributed by atoms with Crippen LogP contribution in [0.1, 0.15) is 22.3 Å². The molecule has 29 heavy (non-hydrogen) atoms. The minimum atomic E-state index is -0.879. The van der Waals surface area contributed by atoms with Crippen LogP contribution in [0, 0.1) is 6.92 Å². The van der Waals surface area contributed by atoms with Gasteiger partial charge in [0.25, 0.3) is 11.8 Å². The van der Waals surface area contributed by atoms with Gasteiger partial charge in [-0.1, -0.05) is 42.0 Å². The number of nitrogens with zero attached hydrogens (tertiary/aromatic N) is 1. The topological polar surface area (TPSA) is 98.7 Å². The molecular weight excluding hydrogens is 370 g/mol. The van der Waals surface area contributed by atoms with Gasteiger partial charge in [-0.05, 0) is 42.0 Å². The van der Waals surface area contributed by atoms with Crippen LogP contribution in [0.5, 0.6) is 5.75 Å². The summed E-state index contributed by atoms with van der Waals surface area (Å²) in [5.74, 6) is -1.55. The Morgan fingerprint density at radius 3 is 2.38 bits per heavy atom. The fraction of sp³-hybridized carbons (Fsp3) is 0.136. The summed E-state index contributed by atoms with van der Waals surface area (Å²) in [4.78, 5) is 38.5. The zero-order valence-corrected chi connectivity index (χ0v) is 15.7. The molecule has 0 aromatic heterocycles. The van der Waals surface area contributed by atoms with E-state index in [1.807, 2.05) is 43.3 Å². The van der Waals surface area contributed by atoms with Crippen molar-refractivity contribution in [1.29, 1.82) is 0 Å². The molecule has 1 aliphatic rings. The molecule has 146 valence electrons. The van der Waals surface area contributed by atoms with E-state index in [0.717, 1.165) is 21.2 Å². The monoisotopic (exact) mass is 389 g/mol. The van der Waals surface area contributed by atoms with Crippen molar-refractivity contribution in [3.8, 4) is 5.75 Å². The maximum Gasteiger partial charge on any atom is 0.269 e. The number of phenols is 1. The molecule has 3 aromatic rings. The van der Waals surface area contributed by atoms with Crippen molar-refractivity contribution in [1.82, 2.24) is 10.9 Å². The van der Waals surface area contributed by atoms with E-state index in [4.69, 9.17) is 0 Å². The number of imide groups is 1. The minimum Gasteiger partial charge on any atom is -0.507 e. The molecule has 3 N–H and O–H groups in total. The lowest BCUT2D eigenvalue weighted by Crippen LogP contribution is -2.48. The highest BCUT2D eigenvalue weighted by Gasteiger charge is 2.39. The van der Waals surface area contributed by atoms with Gasteiger partial charge in [0.05, 0.1) is 17.7 Å². The molecule has 0 bridgehead atoms. The van der Waals surface area contributed by atoms with Crippen molar-refractivity contribution in [3.63, 3.8) is 0 Å². The number of benzene rings is 3. The fourth-order valence-corrected chi connectivity index (χ4v) is 3.34. The molecule has 1 aliphatic heterocycles. The van der Waals surface area contributed by atoms with Gasteiger partial charge in [0.1, 0.15) is 11.8 Å². The quantitative estimate of drug-likeness (QED) is 0.470. The third-order valence-corrected chi connectivity index (χ3v) is 4.91. The fourth-order valence-electron chi connectivity index (χ4n) is 3.34. The van der Waals surface area contributed by atoms with Crippen molar-refractivity contribution < 1.29 is 19.5 Å². The smallest absolute Gasteiger partial charge is 0.269 e. The molecule has 0 aliphatic carbocycles. The summed E-state index contributed by atoms with van der Waals surface area (Å²) in [6, 6.07) is 16.6. The van der Waals surface area contributed by atoms with E-state index >= 15 is 0 Å². The van der Waals surface area contributed by atoms with Gasteiger partial charge in [0.15, 0.2) is 0 Å². The highest BCUT2D eigenvalue weighted by molar-refractivity contribution is 6.22. The number of fused-ring (bicyclic) bond motifs is 1. The van der Waals surface area contributed by atoms with E-state index in [1.165, 1.54) is 6.07 Å². The number of phenolic OH excluding ortho intramolecular Hbond substituents is 1. The van der Waals surface area contributed by atoms with Gasteiger partial charge in [-0.15, -0.1) is 0 Å². The molecule has 7 nitrogen and oxygen atoms in total. The second kappa shape index (κ2) is 7.37. The Morgan fingerprint density at radius 1 is 1.03 bits per heavy atom. The molecule has 3 aromatic carbocycles. The minimum absolute atomic E-state index is 0.0726. The molecule has 1 saturated heterocycles. The van der Waals surface area contributed by atoms with Gasteiger partial charge in [-0.25, -0.2) is 10.3 Å². The lowest BCUT2D eigenvalue weighted by molar-refractivity contribution is -0.121. The van der Waals surface area contributed by atoms with E-state index in [1.54, 1.807) is 18.2 Å². The summed E-state index contributed by atoms with van der Waals surface area (Å²) < 4.78 is 0. The molecule has 1 fully saturated rings. The number of carbonyl (C=O) groups excluding carboxylic acids is 3. The molecular formula is C22H19N3O4. The van der Waals surface area contributed by atoms with Gasteiger partial charge >= 0.3 is 0 Å². The maximum atomic E-state index is 12.6. The molecule has 7 heteroatoms. The number of nitrogens with one attached hydrogen (secondary N) is 2. The number of amides is 3. The van der Waals surface area contributed by atoms with Gasteiger partial charge in [-0.2, -0.15) is 0 Å². The molecule has 0 spiro atoms. The zero-order chi connectivity index (χ0) is 20.5. The van der Waals surface area contributed by atoms with Crippen molar-refractivity contribution >= 4 is 34.2 Å². The van der Waals surface area contributed by atoms with E-state index in [9.17, 15) is 19.5 Å². The average Bonchev–Trinajstić information content (AvgIpc) is 2.99. The highest BCUT2D eigenvalue weighted by Crippen LogP contribution is 2.25. The second-order valence-electron chi connectivity index (χ2n) is 6.97. The highest BCUT2D eigenvalue weighted by atomic mass is 16.3. The van der Waals surface area contributed by atoms with Crippen LogP contribution in [-0.4, -0.2) is 28.9 Å². The number of anilines is 1. The normalized spacial score (nSPS) is 16.4. The zero-order valence-electron chi connectivity index (χ0n) is 15.7. The van der Waals surface area contributed by atoms with Crippen molar-refractivity contribution in [2.45, 2.75) is 19.4 Å². The lowest BCUT2D eigenvalue weighted by Gasteiger charge is -2.16. The van der Waals surface area contributed by atoms with Crippen LogP contribution >= 0.6 is 0 Å². The van der Waals surface area contributed by atoms with Crippen LogP contribution in [0.2, 0.25) is 0 Å². The number of carbonyl (C=O) groups is 3. The summed E-state index contributed by atoms with van der Waals surface area (Å²) >= 11 is 0. The van der Waals surface area contributed by atoms with Crippen molar-refractivity contribution in [3.05, 3.63) is 71.8 Å². The van der Waals surface area contributed by atoms with Gasteiger partial charge < -0.3 is 5.11 Å². The Hall–Kier alpha value is -3.71. The number of aryl methyl sites for hydroxylation is 1. The molecule has 4 rings (SSSR count). The van der Waals surface area contributed by atoms with Crippen molar-refractivity contribution in [2.75, 3.05) is 4.90 Å². The van der Waals surface area contributed by atoms with E-state index in [2.05, 4.69) is 10.9 Å². The molecule has 1 atom stereocenters. The largest absolute Gasteiger partial charge is 0.507 e. The van der Waals surface area contributed by atoms with Gasteiger partial charge in [0, 0.05) is 0 Å². The first-order chi connectivity index (χ1) is 13.9. The number of rotatable bonds is 4. The van der Waals surface area contributed by atoms with E-state index in [-0.39, 0.29) is 23.6 Å². The number of hydrogen-bond acceptors (Lipinski definition) is 5. The maximum absolute atomic E-state index is 12.6. The Morgan fingerprint density at radius 2 is 1.69 bits per heavy atom. The average molecular weight is 389 g/mol. The molecule has 0 radical (unpaired) electrons. The third-order valence-electron chi connectivity index (χ3n) is 4.91. The summed E-state index contributed by atoms with van der Waals surface area (Å²) in [7, 11) is 0. The van der Waals surface area contributed by atoms with E-state index in [0.29, 0.717) is 5.69 Å². The molecule has 3 amide bonds. The van der Waals surface area contributed by atoms with Crippen LogP contribution in [0.25, 0.3) is 10.8 Å². The van der Waals surface area contributed by atoms with Crippen LogP contribution in [0.3, 0.4) is 0 Å². The Labute approximate surface area is 166 Å². The first-order valence-corrected chi connectivity index (χ1v) is 9.15. The van der Waals surface area contributed by atoms with Crippen LogP contribution in [0.15, 0.2) is 60.7 Å². The SMILES string of the molecule is Cc1ccc(N2C(=O)C[C@@H](NNC(=O)c3cc4ccccc4cc3O)C2=O)cc1. The van der Waals surface area contributed by atoms with Crippen molar-refractivity contribution in [2.24, 2.45) is 0 Å².